The first-order valence-electron chi connectivity index (χ1n) is 9.86. The molecule has 0 unspecified atom stereocenters. The van der Waals surface area contributed by atoms with Crippen LogP contribution in [0.2, 0.25) is 0 Å². The lowest BCUT2D eigenvalue weighted by Crippen LogP contribution is -2.25. The van der Waals surface area contributed by atoms with Crippen LogP contribution in [0.3, 0.4) is 0 Å². The van der Waals surface area contributed by atoms with Gasteiger partial charge in [0.25, 0.3) is 0 Å². The van der Waals surface area contributed by atoms with Gasteiger partial charge in [0.2, 0.25) is 0 Å². The molecule has 2 aliphatic rings. The van der Waals surface area contributed by atoms with Gasteiger partial charge in [-0.3, -0.25) is 4.79 Å². The fourth-order valence-corrected chi connectivity index (χ4v) is 4.86. The molecule has 1 aromatic carbocycles. The van der Waals surface area contributed by atoms with Crippen molar-refractivity contribution in [2.24, 2.45) is 17.8 Å². The Hall–Kier alpha value is -1.71. The van der Waals surface area contributed by atoms with Gasteiger partial charge in [0.05, 0.1) is 6.42 Å². The van der Waals surface area contributed by atoms with Crippen LogP contribution in [0.15, 0.2) is 30.4 Å². The fourth-order valence-electron chi connectivity index (χ4n) is 4.86. The second-order valence-electron chi connectivity index (χ2n) is 7.99. The van der Waals surface area contributed by atoms with Crippen molar-refractivity contribution in [3.63, 3.8) is 0 Å². The van der Waals surface area contributed by atoms with Gasteiger partial charge in [-0.1, -0.05) is 18.2 Å². The number of rotatable bonds is 5. The van der Waals surface area contributed by atoms with Crippen molar-refractivity contribution in [2.45, 2.75) is 63.7 Å². The molecule has 0 spiro atoms. The molecule has 0 heterocycles. The first-order valence-corrected chi connectivity index (χ1v) is 9.86. The standard InChI is InChI=1S/C22H28F2O2/c23-20-13-12-19(14-21(20)24)18-10-8-17(9-11-18)16-6-4-15(5-7-16)2-1-3-22(25)26/h1-2,12-18H,3-11H2,(H,25,26). The molecule has 0 atom stereocenters. The summed E-state index contributed by atoms with van der Waals surface area (Å²) in [6, 6.07) is 4.35. The van der Waals surface area contributed by atoms with Gasteiger partial charge >= 0.3 is 5.97 Å². The largest absolute Gasteiger partial charge is 0.481 e. The number of carbonyl (C=O) groups is 1. The van der Waals surface area contributed by atoms with Crippen molar-refractivity contribution in [1.29, 1.82) is 0 Å². The molecule has 2 nitrogen and oxygen atoms in total. The van der Waals surface area contributed by atoms with E-state index in [1.165, 1.54) is 37.8 Å². The van der Waals surface area contributed by atoms with E-state index in [1.54, 1.807) is 12.1 Å². The molecule has 0 radical (unpaired) electrons. The summed E-state index contributed by atoms with van der Waals surface area (Å²) in [5.41, 5.74) is 0.939. The highest BCUT2D eigenvalue weighted by atomic mass is 19.2. The summed E-state index contributed by atoms with van der Waals surface area (Å²) in [5, 5.41) is 8.70. The summed E-state index contributed by atoms with van der Waals surface area (Å²) in [7, 11) is 0. The van der Waals surface area contributed by atoms with Gasteiger partial charge < -0.3 is 5.11 Å². The number of carboxylic acids is 1. The van der Waals surface area contributed by atoms with Crippen LogP contribution < -0.4 is 0 Å². The predicted octanol–water partition coefficient (Wildman–Crippen LogP) is 6.08. The van der Waals surface area contributed by atoms with Gasteiger partial charge in [-0.05, 0) is 92.7 Å². The maximum atomic E-state index is 13.5. The first-order chi connectivity index (χ1) is 12.5. The topological polar surface area (TPSA) is 37.3 Å². The molecule has 142 valence electrons. The highest BCUT2D eigenvalue weighted by Crippen LogP contribution is 2.44. The summed E-state index contributed by atoms with van der Waals surface area (Å²) in [4.78, 5) is 10.6. The highest BCUT2D eigenvalue weighted by Gasteiger charge is 2.31. The minimum absolute atomic E-state index is 0.119. The lowest BCUT2D eigenvalue weighted by molar-refractivity contribution is -0.136. The van der Waals surface area contributed by atoms with Gasteiger partial charge in [0, 0.05) is 0 Å². The van der Waals surface area contributed by atoms with Crippen molar-refractivity contribution in [3.05, 3.63) is 47.5 Å². The number of hydrogen-bond acceptors (Lipinski definition) is 1. The normalized spacial score (nSPS) is 29.8. The Balaban J connectivity index is 1.45. The monoisotopic (exact) mass is 362 g/mol. The molecule has 2 fully saturated rings. The quantitative estimate of drug-likeness (QED) is 0.645. The third-order valence-corrected chi connectivity index (χ3v) is 6.37. The van der Waals surface area contributed by atoms with E-state index in [9.17, 15) is 13.6 Å². The van der Waals surface area contributed by atoms with Gasteiger partial charge in [-0.25, -0.2) is 8.78 Å². The van der Waals surface area contributed by atoms with E-state index >= 15 is 0 Å². The highest BCUT2D eigenvalue weighted by molar-refractivity contribution is 5.68. The number of hydrogen-bond donors (Lipinski definition) is 1. The van der Waals surface area contributed by atoms with E-state index < -0.39 is 17.6 Å². The Morgan fingerprint density at radius 3 is 2.15 bits per heavy atom. The van der Waals surface area contributed by atoms with E-state index in [1.807, 2.05) is 0 Å². The van der Waals surface area contributed by atoms with Crippen molar-refractivity contribution in [3.8, 4) is 0 Å². The summed E-state index contributed by atoms with van der Waals surface area (Å²) >= 11 is 0. The van der Waals surface area contributed by atoms with Gasteiger partial charge in [-0.2, -0.15) is 0 Å². The van der Waals surface area contributed by atoms with Crippen LogP contribution in [0.4, 0.5) is 8.78 Å². The number of allylic oxidation sites excluding steroid dienone is 1. The van der Waals surface area contributed by atoms with E-state index in [2.05, 4.69) is 6.08 Å². The number of benzene rings is 1. The Morgan fingerprint density at radius 2 is 1.58 bits per heavy atom. The summed E-state index contributed by atoms with van der Waals surface area (Å²) in [6.45, 7) is 0. The Morgan fingerprint density at radius 1 is 0.962 bits per heavy atom. The Bertz CT molecular complexity index is 640. The summed E-state index contributed by atoms with van der Waals surface area (Å²) in [5.74, 6) is 0.134. The van der Waals surface area contributed by atoms with Crippen LogP contribution in [0.5, 0.6) is 0 Å². The maximum Gasteiger partial charge on any atom is 0.307 e. The van der Waals surface area contributed by atoms with Crippen LogP contribution in [0.1, 0.15) is 69.3 Å². The smallest absolute Gasteiger partial charge is 0.307 e. The van der Waals surface area contributed by atoms with Crippen LogP contribution in [-0.2, 0) is 4.79 Å². The van der Waals surface area contributed by atoms with Crippen molar-refractivity contribution in [2.75, 3.05) is 0 Å². The Kier molecular flexibility index (Phi) is 6.44. The molecule has 0 aliphatic heterocycles. The summed E-state index contributed by atoms with van der Waals surface area (Å²) < 4.78 is 26.6. The molecule has 26 heavy (non-hydrogen) atoms. The van der Waals surface area contributed by atoms with Crippen LogP contribution in [0.25, 0.3) is 0 Å². The Labute approximate surface area is 154 Å². The van der Waals surface area contributed by atoms with E-state index in [0.717, 1.165) is 43.1 Å². The maximum absolute atomic E-state index is 13.5. The molecule has 2 saturated carbocycles. The SMILES string of the molecule is O=C(O)CC=CC1CCC(C2CCC(c3ccc(F)c(F)c3)CC2)CC1. The average Bonchev–Trinajstić information content (AvgIpc) is 2.64. The predicted molar refractivity (Wildman–Crippen MR) is 97.9 cm³/mol. The second-order valence-corrected chi connectivity index (χ2v) is 7.99. The van der Waals surface area contributed by atoms with Crippen LogP contribution >= 0.6 is 0 Å². The van der Waals surface area contributed by atoms with Gasteiger partial charge in [-0.15, -0.1) is 0 Å². The van der Waals surface area contributed by atoms with Crippen LogP contribution in [0, 0.1) is 29.4 Å². The third-order valence-electron chi connectivity index (χ3n) is 6.37. The number of aliphatic carboxylic acids is 1. The van der Waals surface area contributed by atoms with Gasteiger partial charge in [0.1, 0.15) is 0 Å². The second kappa shape index (κ2) is 8.79. The molecular formula is C22H28F2O2. The molecule has 1 aromatic rings. The number of halogens is 2. The fraction of sp³-hybridized carbons (Fsp3) is 0.591. The van der Waals surface area contributed by atoms with Crippen LogP contribution in [-0.4, -0.2) is 11.1 Å². The molecule has 0 amide bonds. The third kappa shape index (κ3) is 4.93. The minimum Gasteiger partial charge on any atom is -0.481 e. The molecule has 0 bridgehead atoms. The summed E-state index contributed by atoms with van der Waals surface area (Å²) in [6.07, 6.45) is 13.2. The zero-order chi connectivity index (χ0) is 18.5. The molecule has 3 rings (SSSR count). The van der Waals surface area contributed by atoms with Crippen molar-refractivity contribution < 1.29 is 18.7 Å². The minimum atomic E-state index is -0.771. The average molecular weight is 362 g/mol. The van der Waals surface area contributed by atoms with E-state index in [4.69, 9.17) is 5.11 Å². The molecule has 4 heteroatoms. The molecular weight excluding hydrogens is 334 g/mol. The molecule has 0 saturated heterocycles. The zero-order valence-corrected chi connectivity index (χ0v) is 15.2. The van der Waals surface area contributed by atoms with E-state index in [-0.39, 0.29) is 6.42 Å². The lowest BCUT2D eigenvalue weighted by atomic mass is 9.68. The molecule has 2 aliphatic carbocycles. The molecule has 0 aromatic heterocycles. The van der Waals surface area contributed by atoms with E-state index in [0.29, 0.717) is 11.8 Å². The molecule has 1 N–H and O–H groups in total. The number of carboxylic acid groups (broad SMARTS) is 1. The van der Waals surface area contributed by atoms with Crippen molar-refractivity contribution in [1.82, 2.24) is 0 Å². The first kappa shape index (κ1) is 19.1. The lowest BCUT2D eigenvalue weighted by Gasteiger charge is -2.37. The zero-order valence-electron chi connectivity index (χ0n) is 15.2. The van der Waals surface area contributed by atoms with Crippen molar-refractivity contribution >= 4 is 5.97 Å². The van der Waals surface area contributed by atoms with Gasteiger partial charge in [0.15, 0.2) is 11.6 Å².